The van der Waals surface area contributed by atoms with Crippen molar-refractivity contribution < 1.29 is 18.7 Å². The SMILES string of the molecule is O=C(CCc1cccs1)OCC(=O)N1CCC(c2nc3ccccc3o2)CC1. The number of likely N-dealkylation sites (tertiary alicyclic amines) is 1. The second-order valence-electron chi connectivity index (χ2n) is 6.91. The number of amides is 1. The van der Waals surface area contributed by atoms with E-state index >= 15 is 0 Å². The molecule has 0 bridgehead atoms. The highest BCUT2D eigenvalue weighted by Crippen LogP contribution is 2.29. The lowest BCUT2D eigenvalue weighted by atomic mass is 9.97. The Morgan fingerprint density at radius 1 is 1.18 bits per heavy atom. The van der Waals surface area contributed by atoms with Gasteiger partial charge in [0.1, 0.15) is 5.52 Å². The van der Waals surface area contributed by atoms with Gasteiger partial charge in [-0.05, 0) is 42.8 Å². The molecule has 3 heterocycles. The summed E-state index contributed by atoms with van der Waals surface area (Å²) in [5.41, 5.74) is 1.66. The Morgan fingerprint density at radius 2 is 2.00 bits per heavy atom. The van der Waals surface area contributed by atoms with E-state index in [9.17, 15) is 9.59 Å². The van der Waals surface area contributed by atoms with Gasteiger partial charge in [-0.25, -0.2) is 4.98 Å². The van der Waals surface area contributed by atoms with Crippen molar-refractivity contribution in [2.45, 2.75) is 31.6 Å². The van der Waals surface area contributed by atoms with E-state index in [2.05, 4.69) is 4.98 Å². The van der Waals surface area contributed by atoms with E-state index in [-0.39, 0.29) is 24.4 Å². The van der Waals surface area contributed by atoms with Crippen molar-refractivity contribution in [2.24, 2.45) is 0 Å². The first kappa shape index (κ1) is 18.7. The van der Waals surface area contributed by atoms with Crippen molar-refractivity contribution >= 4 is 34.3 Å². The predicted molar refractivity (Wildman–Crippen MR) is 106 cm³/mol. The van der Waals surface area contributed by atoms with Crippen LogP contribution < -0.4 is 0 Å². The third-order valence-corrected chi connectivity index (χ3v) is 5.96. The van der Waals surface area contributed by atoms with Gasteiger partial charge in [0.05, 0.1) is 6.42 Å². The van der Waals surface area contributed by atoms with Gasteiger partial charge in [-0.2, -0.15) is 0 Å². The number of carbonyl (C=O) groups is 2. The van der Waals surface area contributed by atoms with Crippen LogP contribution in [0.1, 0.15) is 35.9 Å². The van der Waals surface area contributed by atoms with Crippen molar-refractivity contribution in [1.29, 1.82) is 0 Å². The molecule has 2 aromatic heterocycles. The van der Waals surface area contributed by atoms with E-state index in [0.717, 1.165) is 34.7 Å². The van der Waals surface area contributed by atoms with Gasteiger partial charge in [-0.3, -0.25) is 9.59 Å². The topological polar surface area (TPSA) is 72.6 Å². The third-order valence-electron chi connectivity index (χ3n) is 5.02. The van der Waals surface area contributed by atoms with Crippen molar-refractivity contribution in [3.05, 3.63) is 52.5 Å². The number of aryl methyl sites for hydroxylation is 1. The predicted octanol–water partition coefficient (Wildman–Crippen LogP) is 3.77. The molecular weight excluding hydrogens is 376 g/mol. The largest absolute Gasteiger partial charge is 0.456 e. The lowest BCUT2D eigenvalue weighted by Gasteiger charge is -2.30. The zero-order valence-electron chi connectivity index (χ0n) is 15.5. The molecule has 0 atom stereocenters. The second kappa shape index (κ2) is 8.56. The zero-order chi connectivity index (χ0) is 19.3. The van der Waals surface area contributed by atoms with Gasteiger partial charge in [-0.1, -0.05) is 18.2 Å². The van der Waals surface area contributed by atoms with E-state index in [1.165, 1.54) is 0 Å². The fraction of sp³-hybridized carbons (Fsp3) is 0.381. The minimum absolute atomic E-state index is 0.138. The number of hydrogen-bond donors (Lipinski definition) is 0. The minimum atomic E-state index is -0.330. The molecule has 0 unspecified atom stereocenters. The molecule has 1 saturated heterocycles. The quantitative estimate of drug-likeness (QED) is 0.591. The number of ether oxygens (including phenoxy) is 1. The Balaban J connectivity index is 1.22. The summed E-state index contributed by atoms with van der Waals surface area (Å²) in [5.74, 6) is 0.488. The average Bonchev–Trinajstić information content (AvgIpc) is 3.40. The summed E-state index contributed by atoms with van der Waals surface area (Å²) in [5, 5.41) is 1.98. The molecule has 28 heavy (non-hydrogen) atoms. The van der Waals surface area contributed by atoms with Crippen molar-refractivity contribution in [3.63, 3.8) is 0 Å². The molecule has 0 saturated carbocycles. The van der Waals surface area contributed by atoms with Crippen LogP contribution in [-0.2, 0) is 20.7 Å². The number of oxazole rings is 1. The summed E-state index contributed by atoms with van der Waals surface area (Å²) in [4.78, 5) is 31.6. The van der Waals surface area contributed by atoms with Gasteiger partial charge in [0.2, 0.25) is 0 Å². The highest BCUT2D eigenvalue weighted by molar-refractivity contribution is 7.09. The van der Waals surface area contributed by atoms with E-state index in [1.54, 1.807) is 16.2 Å². The number of esters is 1. The minimum Gasteiger partial charge on any atom is -0.456 e. The maximum Gasteiger partial charge on any atom is 0.306 e. The van der Waals surface area contributed by atoms with Crippen LogP contribution in [0, 0.1) is 0 Å². The summed E-state index contributed by atoms with van der Waals surface area (Å²) < 4.78 is 11.0. The van der Waals surface area contributed by atoms with Gasteiger partial charge in [0, 0.05) is 23.9 Å². The Labute approximate surface area is 167 Å². The summed E-state index contributed by atoms with van der Waals surface area (Å²) in [7, 11) is 0. The van der Waals surface area contributed by atoms with Crippen LogP contribution in [0.5, 0.6) is 0 Å². The Morgan fingerprint density at radius 3 is 2.75 bits per heavy atom. The van der Waals surface area contributed by atoms with Crippen LogP contribution >= 0.6 is 11.3 Å². The monoisotopic (exact) mass is 398 g/mol. The van der Waals surface area contributed by atoms with Crippen molar-refractivity contribution in [1.82, 2.24) is 9.88 Å². The number of fused-ring (bicyclic) bond motifs is 1. The average molecular weight is 398 g/mol. The summed E-state index contributed by atoms with van der Waals surface area (Å²) in [6, 6.07) is 11.7. The molecule has 1 aliphatic heterocycles. The first-order valence-electron chi connectivity index (χ1n) is 9.50. The molecule has 146 valence electrons. The third kappa shape index (κ3) is 4.42. The number of carbonyl (C=O) groups excluding carboxylic acids is 2. The maximum atomic E-state index is 12.3. The molecule has 0 spiro atoms. The molecule has 1 amide bonds. The van der Waals surface area contributed by atoms with E-state index < -0.39 is 0 Å². The Hall–Kier alpha value is -2.67. The highest BCUT2D eigenvalue weighted by atomic mass is 32.1. The molecular formula is C21H22N2O4S. The van der Waals surface area contributed by atoms with Crippen LogP contribution in [0.3, 0.4) is 0 Å². The number of hydrogen-bond acceptors (Lipinski definition) is 6. The Kier molecular flexibility index (Phi) is 5.71. The van der Waals surface area contributed by atoms with Crippen LogP contribution in [0.25, 0.3) is 11.1 Å². The zero-order valence-corrected chi connectivity index (χ0v) is 16.3. The number of thiophene rings is 1. The number of benzene rings is 1. The van der Waals surface area contributed by atoms with Crippen LogP contribution in [0.2, 0.25) is 0 Å². The normalized spacial score (nSPS) is 15.1. The van der Waals surface area contributed by atoms with Crippen molar-refractivity contribution in [2.75, 3.05) is 19.7 Å². The first-order valence-corrected chi connectivity index (χ1v) is 10.4. The number of para-hydroxylation sites is 2. The van der Waals surface area contributed by atoms with Crippen molar-refractivity contribution in [3.8, 4) is 0 Å². The maximum absolute atomic E-state index is 12.3. The van der Waals surface area contributed by atoms with E-state index in [1.807, 2.05) is 41.8 Å². The summed E-state index contributed by atoms with van der Waals surface area (Å²) in [6.07, 6.45) is 2.55. The first-order chi connectivity index (χ1) is 13.7. The van der Waals surface area contributed by atoms with E-state index in [4.69, 9.17) is 9.15 Å². The summed E-state index contributed by atoms with van der Waals surface area (Å²) >= 11 is 1.62. The van der Waals surface area contributed by atoms with Crippen LogP contribution in [-0.4, -0.2) is 41.5 Å². The molecule has 0 N–H and O–H groups in total. The lowest BCUT2D eigenvalue weighted by Crippen LogP contribution is -2.40. The molecule has 4 rings (SSSR count). The molecule has 7 heteroatoms. The number of rotatable bonds is 6. The molecule has 0 radical (unpaired) electrons. The smallest absolute Gasteiger partial charge is 0.306 e. The molecule has 6 nitrogen and oxygen atoms in total. The fourth-order valence-corrected chi connectivity index (χ4v) is 4.14. The molecule has 3 aromatic rings. The second-order valence-corrected chi connectivity index (χ2v) is 7.95. The number of nitrogens with zero attached hydrogens (tertiary/aromatic N) is 2. The molecule has 1 aliphatic rings. The van der Waals surface area contributed by atoms with Crippen LogP contribution in [0.4, 0.5) is 0 Å². The number of aromatic nitrogens is 1. The molecule has 1 fully saturated rings. The van der Waals surface area contributed by atoms with Gasteiger partial charge in [0.15, 0.2) is 18.1 Å². The highest BCUT2D eigenvalue weighted by Gasteiger charge is 2.27. The lowest BCUT2D eigenvalue weighted by molar-refractivity contribution is -0.152. The van der Waals surface area contributed by atoms with Gasteiger partial charge in [0.25, 0.3) is 5.91 Å². The number of piperidine rings is 1. The Bertz CT molecular complexity index is 909. The molecule has 0 aliphatic carbocycles. The van der Waals surface area contributed by atoms with Crippen LogP contribution in [0.15, 0.2) is 46.2 Å². The summed E-state index contributed by atoms with van der Waals surface area (Å²) in [6.45, 7) is 1.06. The molecule has 1 aromatic carbocycles. The van der Waals surface area contributed by atoms with E-state index in [0.29, 0.717) is 25.9 Å². The fourth-order valence-electron chi connectivity index (χ4n) is 3.43. The standard InChI is InChI=1S/C21H22N2O4S/c24-19(14-26-20(25)8-7-16-4-3-13-28-16)23-11-9-15(10-12-23)21-22-17-5-1-2-6-18(17)27-21/h1-6,13,15H,7-12,14H2. The van der Waals surface area contributed by atoms with Gasteiger partial charge >= 0.3 is 5.97 Å². The van der Waals surface area contributed by atoms with Gasteiger partial charge < -0.3 is 14.1 Å². The van der Waals surface area contributed by atoms with Gasteiger partial charge in [-0.15, -0.1) is 11.3 Å².